The first-order valence-corrected chi connectivity index (χ1v) is 9.36. The van der Waals surface area contributed by atoms with Crippen LogP contribution in [-0.2, 0) is 12.8 Å². The van der Waals surface area contributed by atoms with Crippen LogP contribution in [0, 0.1) is 0 Å². The number of nitrogens with one attached hydrogen (secondary N) is 1. The van der Waals surface area contributed by atoms with Gasteiger partial charge < -0.3 is 5.32 Å². The molecule has 126 valence electrons. The molecule has 1 saturated heterocycles. The van der Waals surface area contributed by atoms with Crippen LogP contribution < -0.4 is 5.32 Å². The van der Waals surface area contributed by atoms with Gasteiger partial charge in [-0.1, -0.05) is 43.2 Å². The third-order valence-corrected chi connectivity index (χ3v) is 4.92. The van der Waals surface area contributed by atoms with E-state index in [1.807, 2.05) is 32.2 Å². The topological polar surface area (TPSA) is 24.9 Å². The quantitative estimate of drug-likeness (QED) is 0.726. The maximum absolute atomic E-state index is 6.23. The van der Waals surface area contributed by atoms with E-state index in [0.717, 1.165) is 43.8 Å². The summed E-state index contributed by atoms with van der Waals surface area (Å²) in [5.41, 5.74) is 8.12. The van der Waals surface area contributed by atoms with Crippen molar-refractivity contribution in [3.8, 4) is 0 Å². The van der Waals surface area contributed by atoms with Gasteiger partial charge in [0.25, 0.3) is 0 Å². The maximum Gasteiger partial charge on any atom is 0.0739 e. The van der Waals surface area contributed by atoms with Crippen molar-refractivity contribution in [3.63, 3.8) is 0 Å². The van der Waals surface area contributed by atoms with E-state index in [4.69, 9.17) is 16.6 Å². The third kappa shape index (κ3) is 3.40. The normalized spacial score (nSPS) is 16.5. The summed E-state index contributed by atoms with van der Waals surface area (Å²) in [6.45, 7) is 6.12. The fraction of sp³-hybridized carbons (Fsp3) is 0.381. The predicted molar refractivity (Wildman–Crippen MR) is 103 cm³/mol. The lowest BCUT2D eigenvalue weighted by Crippen LogP contribution is -2.24. The van der Waals surface area contributed by atoms with E-state index >= 15 is 0 Å². The number of hydrogen-bond acceptors (Lipinski definition) is 2. The number of pyridine rings is 1. The number of aromatic nitrogens is 1. The van der Waals surface area contributed by atoms with Crippen LogP contribution in [0.1, 0.15) is 49.1 Å². The summed E-state index contributed by atoms with van der Waals surface area (Å²) >= 11 is 6.23. The van der Waals surface area contributed by atoms with Gasteiger partial charge in [-0.05, 0) is 73.7 Å². The standard InChI is InChI=1S/C19H19ClN2.C2H6/c20-16-5-6-17-15(12-16)4-3-14-2-1-9-22-19(14)18(17)13-7-10-21-11-8-13;1-2/h1-2,5-6,9,12,21H,3-4,7-8,10-11H2;1-2H3. The van der Waals surface area contributed by atoms with Gasteiger partial charge in [0, 0.05) is 16.8 Å². The zero-order valence-corrected chi connectivity index (χ0v) is 15.3. The van der Waals surface area contributed by atoms with Crippen molar-refractivity contribution in [1.82, 2.24) is 10.3 Å². The van der Waals surface area contributed by atoms with Crippen LogP contribution in [0.15, 0.2) is 42.1 Å². The first-order valence-electron chi connectivity index (χ1n) is 8.99. The van der Waals surface area contributed by atoms with E-state index in [9.17, 15) is 0 Å². The highest BCUT2D eigenvalue weighted by atomic mass is 35.5. The van der Waals surface area contributed by atoms with Crippen LogP contribution in [0.2, 0.25) is 5.02 Å². The van der Waals surface area contributed by atoms with Gasteiger partial charge in [0.1, 0.15) is 0 Å². The molecule has 0 saturated carbocycles. The number of benzene rings is 1. The van der Waals surface area contributed by atoms with E-state index in [1.165, 1.54) is 33.5 Å². The van der Waals surface area contributed by atoms with Crippen molar-refractivity contribution in [3.05, 3.63) is 69.5 Å². The molecule has 0 bridgehead atoms. The third-order valence-electron chi connectivity index (χ3n) is 4.69. The van der Waals surface area contributed by atoms with Crippen molar-refractivity contribution in [2.45, 2.75) is 39.5 Å². The van der Waals surface area contributed by atoms with Gasteiger partial charge in [-0.25, -0.2) is 0 Å². The maximum atomic E-state index is 6.23. The van der Waals surface area contributed by atoms with Crippen LogP contribution >= 0.6 is 11.6 Å². The van der Waals surface area contributed by atoms with Gasteiger partial charge in [0.05, 0.1) is 5.69 Å². The number of rotatable bonds is 0. The summed E-state index contributed by atoms with van der Waals surface area (Å²) in [6.07, 6.45) is 6.19. The highest BCUT2D eigenvalue weighted by molar-refractivity contribution is 6.30. The Morgan fingerprint density at radius 3 is 2.50 bits per heavy atom. The summed E-state index contributed by atoms with van der Waals surface area (Å²) in [7, 11) is 0. The molecule has 0 unspecified atom stereocenters. The summed E-state index contributed by atoms with van der Waals surface area (Å²) in [5.74, 6) is 0. The Labute approximate surface area is 150 Å². The molecule has 2 nitrogen and oxygen atoms in total. The number of aryl methyl sites for hydroxylation is 2. The molecule has 4 rings (SSSR count). The molecule has 0 radical (unpaired) electrons. The second-order valence-corrected chi connectivity index (χ2v) is 6.48. The average molecular weight is 341 g/mol. The molecular weight excluding hydrogens is 316 g/mol. The molecule has 2 aliphatic rings. The Morgan fingerprint density at radius 2 is 1.71 bits per heavy atom. The van der Waals surface area contributed by atoms with Gasteiger partial charge in [-0.2, -0.15) is 0 Å². The Hall–Kier alpha value is -1.64. The lowest BCUT2D eigenvalue weighted by Gasteiger charge is -2.21. The molecule has 2 aromatic rings. The largest absolute Gasteiger partial charge is 0.316 e. The van der Waals surface area contributed by atoms with Crippen LogP contribution in [-0.4, -0.2) is 18.1 Å². The molecule has 0 spiro atoms. The molecule has 1 fully saturated rings. The first-order chi connectivity index (χ1) is 11.8. The molecule has 1 N–H and O–H groups in total. The SMILES string of the molecule is CC.Clc1ccc2c(c1)CCc1cccnc1C2=C1CCNCC1. The minimum Gasteiger partial charge on any atom is -0.316 e. The fourth-order valence-electron chi connectivity index (χ4n) is 3.61. The zero-order chi connectivity index (χ0) is 16.9. The number of fused-ring (bicyclic) bond motifs is 2. The van der Waals surface area contributed by atoms with Gasteiger partial charge in [-0.15, -0.1) is 0 Å². The lowest BCUT2D eigenvalue weighted by atomic mass is 9.89. The lowest BCUT2D eigenvalue weighted by molar-refractivity contribution is 0.611. The predicted octanol–water partition coefficient (Wildman–Crippen LogP) is 5.05. The second kappa shape index (κ2) is 7.96. The highest BCUT2D eigenvalue weighted by Gasteiger charge is 2.23. The van der Waals surface area contributed by atoms with Gasteiger partial charge >= 0.3 is 0 Å². The highest BCUT2D eigenvalue weighted by Crippen LogP contribution is 2.37. The molecule has 2 heterocycles. The molecule has 0 amide bonds. The van der Waals surface area contributed by atoms with Crippen LogP contribution in [0.3, 0.4) is 0 Å². The van der Waals surface area contributed by atoms with Crippen molar-refractivity contribution in [2.24, 2.45) is 0 Å². The summed E-state index contributed by atoms with van der Waals surface area (Å²) in [4.78, 5) is 4.75. The monoisotopic (exact) mass is 340 g/mol. The van der Waals surface area contributed by atoms with Crippen LogP contribution in [0.4, 0.5) is 0 Å². The second-order valence-electron chi connectivity index (χ2n) is 6.04. The van der Waals surface area contributed by atoms with Crippen molar-refractivity contribution in [2.75, 3.05) is 13.1 Å². The van der Waals surface area contributed by atoms with Crippen LogP contribution in [0.25, 0.3) is 5.57 Å². The van der Waals surface area contributed by atoms with Crippen molar-refractivity contribution in [1.29, 1.82) is 0 Å². The molecule has 3 heteroatoms. The molecule has 24 heavy (non-hydrogen) atoms. The number of nitrogens with zero attached hydrogens (tertiary/aromatic N) is 1. The number of hydrogen-bond donors (Lipinski definition) is 1. The Bertz CT molecular complexity index is 741. The smallest absolute Gasteiger partial charge is 0.0739 e. The molecule has 1 aliphatic carbocycles. The van der Waals surface area contributed by atoms with Crippen LogP contribution in [0.5, 0.6) is 0 Å². The Balaban J connectivity index is 0.000000815. The zero-order valence-electron chi connectivity index (χ0n) is 14.5. The fourth-order valence-corrected chi connectivity index (χ4v) is 3.81. The molecule has 1 aromatic carbocycles. The van der Waals surface area contributed by atoms with Crippen molar-refractivity contribution < 1.29 is 0 Å². The van der Waals surface area contributed by atoms with Gasteiger partial charge in [0.15, 0.2) is 0 Å². The summed E-state index contributed by atoms with van der Waals surface area (Å²) in [5, 5.41) is 4.28. The minimum absolute atomic E-state index is 0.826. The molecule has 1 aromatic heterocycles. The molecule has 0 atom stereocenters. The van der Waals surface area contributed by atoms with Gasteiger partial charge in [0.2, 0.25) is 0 Å². The molecule has 1 aliphatic heterocycles. The number of halogens is 1. The number of piperidine rings is 1. The van der Waals surface area contributed by atoms with E-state index in [-0.39, 0.29) is 0 Å². The molecular formula is C21H25ClN2. The first kappa shape index (κ1) is 17.2. The summed E-state index contributed by atoms with van der Waals surface area (Å²) < 4.78 is 0. The Kier molecular flexibility index (Phi) is 5.70. The van der Waals surface area contributed by atoms with E-state index < -0.39 is 0 Å². The van der Waals surface area contributed by atoms with E-state index in [1.54, 1.807) is 0 Å². The van der Waals surface area contributed by atoms with Gasteiger partial charge in [-0.3, -0.25) is 4.98 Å². The summed E-state index contributed by atoms with van der Waals surface area (Å²) in [6, 6.07) is 10.6. The minimum atomic E-state index is 0.826. The van der Waals surface area contributed by atoms with Crippen molar-refractivity contribution >= 4 is 17.2 Å². The average Bonchev–Trinajstić information content (AvgIpc) is 2.81. The Morgan fingerprint density at radius 1 is 0.958 bits per heavy atom. The van der Waals surface area contributed by atoms with E-state index in [2.05, 4.69) is 23.5 Å². The van der Waals surface area contributed by atoms with E-state index in [0.29, 0.717) is 0 Å².